The molecule has 0 aliphatic carbocycles. The van der Waals surface area contributed by atoms with Gasteiger partial charge in [0.2, 0.25) is 5.91 Å². The van der Waals surface area contributed by atoms with Gasteiger partial charge in [-0.1, -0.05) is 24.3 Å². The summed E-state index contributed by atoms with van der Waals surface area (Å²) in [5, 5.41) is 3.37. The lowest BCUT2D eigenvalue weighted by Crippen LogP contribution is -2.53. The third-order valence-corrected chi connectivity index (χ3v) is 4.40. The minimum atomic E-state index is -0.0829. The molecule has 1 aromatic rings. The molecule has 4 nitrogen and oxygen atoms in total. The van der Waals surface area contributed by atoms with Crippen molar-refractivity contribution in [2.45, 2.75) is 38.0 Å². The SMILES string of the molecule is CO[C@H]1CCCN(C(=O)[C@@H]2Cc3ccccc3CN2)C1. The second-order valence-corrected chi connectivity index (χ2v) is 5.69. The van der Waals surface area contributed by atoms with Gasteiger partial charge in [0.25, 0.3) is 0 Å². The first-order chi connectivity index (χ1) is 9.78. The Kier molecular flexibility index (Phi) is 4.03. The Balaban J connectivity index is 1.67. The van der Waals surface area contributed by atoms with Crippen LogP contribution in [0.5, 0.6) is 0 Å². The highest BCUT2D eigenvalue weighted by Crippen LogP contribution is 2.19. The van der Waals surface area contributed by atoms with E-state index in [0.717, 1.165) is 38.9 Å². The molecule has 0 unspecified atom stereocenters. The third-order valence-electron chi connectivity index (χ3n) is 4.40. The van der Waals surface area contributed by atoms with Crippen molar-refractivity contribution in [2.24, 2.45) is 0 Å². The van der Waals surface area contributed by atoms with Gasteiger partial charge in [0.1, 0.15) is 0 Å². The number of amides is 1. The molecule has 2 aliphatic rings. The molecule has 0 saturated carbocycles. The molecule has 1 aromatic carbocycles. The van der Waals surface area contributed by atoms with Gasteiger partial charge in [0.05, 0.1) is 12.1 Å². The Morgan fingerprint density at radius 1 is 1.35 bits per heavy atom. The molecule has 0 aromatic heterocycles. The molecule has 1 fully saturated rings. The number of fused-ring (bicyclic) bond motifs is 1. The fourth-order valence-corrected chi connectivity index (χ4v) is 3.18. The standard InChI is InChI=1S/C16H22N2O2/c1-20-14-7-4-8-18(11-14)16(19)15-9-12-5-2-3-6-13(12)10-17-15/h2-3,5-6,14-15,17H,4,7-11H2,1H3/t14-,15-/m0/s1. The fourth-order valence-electron chi connectivity index (χ4n) is 3.18. The Hall–Kier alpha value is -1.39. The zero-order chi connectivity index (χ0) is 13.9. The van der Waals surface area contributed by atoms with E-state index in [4.69, 9.17) is 4.74 Å². The summed E-state index contributed by atoms with van der Waals surface area (Å²) >= 11 is 0. The van der Waals surface area contributed by atoms with Gasteiger partial charge in [-0.3, -0.25) is 4.79 Å². The lowest BCUT2D eigenvalue weighted by Gasteiger charge is -2.36. The Morgan fingerprint density at radius 3 is 2.95 bits per heavy atom. The Bertz CT molecular complexity index is 489. The summed E-state index contributed by atoms with van der Waals surface area (Å²) in [7, 11) is 1.73. The summed E-state index contributed by atoms with van der Waals surface area (Å²) in [4.78, 5) is 14.6. The number of nitrogens with one attached hydrogen (secondary N) is 1. The molecule has 108 valence electrons. The van der Waals surface area contributed by atoms with Crippen molar-refractivity contribution >= 4 is 5.91 Å². The lowest BCUT2D eigenvalue weighted by molar-refractivity contribution is -0.137. The number of piperidine rings is 1. The molecule has 2 heterocycles. The molecule has 1 N–H and O–H groups in total. The first-order valence-electron chi connectivity index (χ1n) is 7.39. The highest BCUT2D eigenvalue weighted by Gasteiger charge is 2.30. The summed E-state index contributed by atoms with van der Waals surface area (Å²) in [5.41, 5.74) is 2.61. The predicted molar refractivity (Wildman–Crippen MR) is 77.4 cm³/mol. The van der Waals surface area contributed by atoms with Crippen LogP contribution in [0.4, 0.5) is 0 Å². The number of hydrogen-bond donors (Lipinski definition) is 1. The molecule has 2 aliphatic heterocycles. The van der Waals surface area contributed by atoms with E-state index < -0.39 is 0 Å². The molecule has 0 radical (unpaired) electrons. The maximum Gasteiger partial charge on any atom is 0.240 e. The quantitative estimate of drug-likeness (QED) is 0.885. The number of methoxy groups -OCH3 is 1. The van der Waals surface area contributed by atoms with Crippen LogP contribution in [0.2, 0.25) is 0 Å². The van der Waals surface area contributed by atoms with Crippen LogP contribution < -0.4 is 5.32 Å². The molecule has 4 heteroatoms. The van der Waals surface area contributed by atoms with E-state index in [1.807, 2.05) is 11.0 Å². The largest absolute Gasteiger partial charge is 0.380 e. The van der Waals surface area contributed by atoms with E-state index in [0.29, 0.717) is 0 Å². The molecular formula is C16H22N2O2. The van der Waals surface area contributed by atoms with Crippen molar-refractivity contribution in [2.75, 3.05) is 20.2 Å². The molecule has 20 heavy (non-hydrogen) atoms. The van der Waals surface area contributed by atoms with Crippen molar-refractivity contribution < 1.29 is 9.53 Å². The van der Waals surface area contributed by atoms with Crippen LogP contribution in [-0.4, -0.2) is 43.2 Å². The van der Waals surface area contributed by atoms with Gasteiger partial charge in [-0.15, -0.1) is 0 Å². The Labute approximate surface area is 120 Å². The molecule has 0 bridgehead atoms. The number of rotatable bonds is 2. The van der Waals surface area contributed by atoms with Crippen LogP contribution in [0.3, 0.4) is 0 Å². The van der Waals surface area contributed by atoms with Gasteiger partial charge < -0.3 is 15.0 Å². The van der Waals surface area contributed by atoms with Gasteiger partial charge in [-0.25, -0.2) is 0 Å². The normalized spacial score (nSPS) is 26.1. The predicted octanol–water partition coefficient (Wildman–Crippen LogP) is 1.34. The van der Waals surface area contributed by atoms with Crippen LogP contribution in [0.1, 0.15) is 24.0 Å². The Morgan fingerprint density at radius 2 is 2.15 bits per heavy atom. The summed E-state index contributed by atoms with van der Waals surface area (Å²) in [6.45, 7) is 2.38. The van der Waals surface area contributed by atoms with Gasteiger partial charge in [0.15, 0.2) is 0 Å². The summed E-state index contributed by atoms with van der Waals surface area (Å²) in [6.07, 6.45) is 3.08. The number of carbonyl (C=O) groups excluding carboxylic acids is 1. The van der Waals surface area contributed by atoms with Crippen molar-refractivity contribution in [3.63, 3.8) is 0 Å². The summed E-state index contributed by atoms with van der Waals surface area (Å²) < 4.78 is 5.40. The van der Waals surface area contributed by atoms with Gasteiger partial charge >= 0.3 is 0 Å². The van der Waals surface area contributed by atoms with E-state index in [1.165, 1.54) is 11.1 Å². The highest BCUT2D eigenvalue weighted by atomic mass is 16.5. The molecule has 0 spiro atoms. The average molecular weight is 274 g/mol. The average Bonchev–Trinajstić information content (AvgIpc) is 2.53. The number of benzene rings is 1. The van der Waals surface area contributed by atoms with Crippen molar-refractivity contribution in [3.8, 4) is 0 Å². The minimum absolute atomic E-state index is 0.0829. The van der Waals surface area contributed by atoms with Crippen molar-refractivity contribution in [1.29, 1.82) is 0 Å². The van der Waals surface area contributed by atoms with Gasteiger partial charge in [-0.2, -0.15) is 0 Å². The second-order valence-electron chi connectivity index (χ2n) is 5.69. The van der Waals surface area contributed by atoms with E-state index in [2.05, 4.69) is 23.5 Å². The summed E-state index contributed by atoms with van der Waals surface area (Å²) in [5.74, 6) is 0.223. The fraction of sp³-hybridized carbons (Fsp3) is 0.562. The van der Waals surface area contributed by atoms with Gasteiger partial charge in [0, 0.05) is 26.7 Å². The molecule has 1 saturated heterocycles. The lowest BCUT2D eigenvalue weighted by atomic mass is 9.94. The maximum absolute atomic E-state index is 12.6. The first kappa shape index (κ1) is 13.6. The van der Waals surface area contributed by atoms with E-state index in [1.54, 1.807) is 7.11 Å². The van der Waals surface area contributed by atoms with E-state index >= 15 is 0 Å². The number of hydrogen-bond acceptors (Lipinski definition) is 3. The number of ether oxygens (including phenoxy) is 1. The third kappa shape index (κ3) is 2.72. The minimum Gasteiger partial charge on any atom is -0.380 e. The highest BCUT2D eigenvalue weighted by molar-refractivity contribution is 5.82. The van der Waals surface area contributed by atoms with Crippen LogP contribution in [-0.2, 0) is 22.5 Å². The smallest absolute Gasteiger partial charge is 0.240 e. The zero-order valence-electron chi connectivity index (χ0n) is 12.0. The zero-order valence-corrected chi connectivity index (χ0v) is 12.0. The number of likely N-dealkylation sites (tertiary alicyclic amines) is 1. The number of carbonyl (C=O) groups is 1. The second kappa shape index (κ2) is 5.94. The molecule has 3 rings (SSSR count). The maximum atomic E-state index is 12.6. The molecule has 1 amide bonds. The van der Waals surface area contributed by atoms with Crippen molar-refractivity contribution in [1.82, 2.24) is 10.2 Å². The molecular weight excluding hydrogens is 252 g/mol. The van der Waals surface area contributed by atoms with Crippen LogP contribution >= 0.6 is 0 Å². The topological polar surface area (TPSA) is 41.6 Å². The molecule has 2 atom stereocenters. The van der Waals surface area contributed by atoms with Crippen LogP contribution in [0.15, 0.2) is 24.3 Å². The monoisotopic (exact) mass is 274 g/mol. The van der Waals surface area contributed by atoms with Crippen molar-refractivity contribution in [3.05, 3.63) is 35.4 Å². The number of nitrogens with zero attached hydrogens (tertiary/aromatic N) is 1. The van der Waals surface area contributed by atoms with Crippen LogP contribution in [0, 0.1) is 0 Å². The van der Waals surface area contributed by atoms with Crippen LogP contribution in [0.25, 0.3) is 0 Å². The van der Waals surface area contributed by atoms with Gasteiger partial charge in [-0.05, 0) is 30.4 Å². The summed E-state index contributed by atoms with van der Waals surface area (Å²) in [6, 6.07) is 8.28. The van der Waals surface area contributed by atoms with E-state index in [-0.39, 0.29) is 18.1 Å². The first-order valence-corrected chi connectivity index (χ1v) is 7.39. The van der Waals surface area contributed by atoms with E-state index in [9.17, 15) is 4.79 Å².